The van der Waals surface area contributed by atoms with Gasteiger partial charge in [0.2, 0.25) is 11.1 Å². The first-order valence-electron chi connectivity index (χ1n) is 9.08. The highest BCUT2D eigenvalue weighted by Gasteiger charge is 2.33. The van der Waals surface area contributed by atoms with Crippen LogP contribution in [-0.4, -0.2) is 70.6 Å². The third-order valence-electron chi connectivity index (χ3n) is 4.64. The summed E-state index contributed by atoms with van der Waals surface area (Å²) in [5.41, 5.74) is 0.538. The Morgan fingerprint density at radius 3 is 2.63 bits per heavy atom. The molecule has 0 aliphatic carbocycles. The Kier molecular flexibility index (Phi) is 6.81. The average Bonchev–Trinajstić information content (AvgIpc) is 3.23. The van der Waals surface area contributed by atoms with Crippen molar-refractivity contribution in [2.45, 2.75) is 31.2 Å². The van der Waals surface area contributed by atoms with Crippen molar-refractivity contribution in [1.82, 2.24) is 19.8 Å². The molecular formula is C17H21F2N5O4S2. The second-order valence-electron chi connectivity index (χ2n) is 6.60. The van der Waals surface area contributed by atoms with Gasteiger partial charge in [-0.05, 0) is 37.6 Å². The first-order chi connectivity index (χ1) is 14.2. The number of ether oxygens (including phenoxy) is 1. The molecule has 1 atom stereocenters. The number of amides is 1. The summed E-state index contributed by atoms with van der Waals surface area (Å²) in [7, 11) is -3.09. The van der Waals surface area contributed by atoms with Gasteiger partial charge >= 0.3 is 6.61 Å². The minimum absolute atomic E-state index is 0.00520. The molecule has 13 heteroatoms. The lowest BCUT2D eigenvalue weighted by Gasteiger charge is -2.26. The molecule has 0 radical (unpaired) electrons. The minimum Gasteiger partial charge on any atom is -0.435 e. The van der Waals surface area contributed by atoms with Crippen molar-refractivity contribution in [1.29, 1.82) is 0 Å². The lowest BCUT2D eigenvalue weighted by Crippen LogP contribution is -2.42. The van der Waals surface area contributed by atoms with Crippen LogP contribution in [0, 0.1) is 0 Å². The SMILES string of the molecule is CCN(C(=O)CSc1nnc(-c2ccc(OC(F)F)cc2)n1N)[C@@H]1CCS(=O)(=O)C1. The molecule has 9 nitrogen and oxygen atoms in total. The highest BCUT2D eigenvalue weighted by atomic mass is 32.2. The third kappa shape index (κ3) is 5.19. The fourth-order valence-corrected chi connectivity index (χ4v) is 5.70. The summed E-state index contributed by atoms with van der Waals surface area (Å²) in [5.74, 6) is 6.22. The van der Waals surface area contributed by atoms with Crippen LogP contribution >= 0.6 is 11.8 Å². The number of rotatable bonds is 8. The van der Waals surface area contributed by atoms with Gasteiger partial charge in [-0.2, -0.15) is 8.78 Å². The number of alkyl halides is 2. The second-order valence-corrected chi connectivity index (χ2v) is 9.78. The van der Waals surface area contributed by atoms with Crippen LogP contribution in [0.2, 0.25) is 0 Å². The molecule has 0 bridgehead atoms. The number of nitrogen functional groups attached to an aromatic ring is 1. The summed E-state index contributed by atoms with van der Waals surface area (Å²) in [5, 5.41) is 8.26. The highest BCUT2D eigenvalue weighted by Crippen LogP contribution is 2.25. The number of carbonyl (C=O) groups excluding carboxylic acids is 1. The predicted octanol–water partition coefficient (Wildman–Crippen LogP) is 1.39. The van der Waals surface area contributed by atoms with E-state index < -0.39 is 16.4 Å². The quantitative estimate of drug-likeness (QED) is 0.463. The maximum atomic E-state index is 12.6. The first kappa shape index (κ1) is 22.3. The van der Waals surface area contributed by atoms with E-state index in [1.807, 2.05) is 0 Å². The van der Waals surface area contributed by atoms with Crippen LogP contribution in [0.3, 0.4) is 0 Å². The molecule has 1 amide bonds. The molecule has 0 saturated carbocycles. The highest BCUT2D eigenvalue weighted by molar-refractivity contribution is 7.99. The first-order valence-corrected chi connectivity index (χ1v) is 11.9. The van der Waals surface area contributed by atoms with Crippen molar-refractivity contribution in [2.24, 2.45) is 0 Å². The maximum Gasteiger partial charge on any atom is 0.387 e. The Morgan fingerprint density at radius 2 is 2.07 bits per heavy atom. The van der Waals surface area contributed by atoms with Gasteiger partial charge in [-0.1, -0.05) is 11.8 Å². The summed E-state index contributed by atoms with van der Waals surface area (Å²) in [4.78, 5) is 14.2. The van der Waals surface area contributed by atoms with Crippen LogP contribution in [0.15, 0.2) is 29.4 Å². The van der Waals surface area contributed by atoms with Gasteiger partial charge in [-0.15, -0.1) is 10.2 Å². The topological polar surface area (TPSA) is 120 Å². The van der Waals surface area contributed by atoms with Crippen molar-refractivity contribution in [3.05, 3.63) is 24.3 Å². The Bertz CT molecular complexity index is 998. The monoisotopic (exact) mass is 461 g/mol. The van der Waals surface area contributed by atoms with E-state index in [9.17, 15) is 22.0 Å². The van der Waals surface area contributed by atoms with Gasteiger partial charge in [0.1, 0.15) is 5.75 Å². The Morgan fingerprint density at radius 1 is 1.37 bits per heavy atom. The van der Waals surface area contributed by atoms with E-state index in [2.05, 4.69) is 14.9 Å². The number of sulfone groups is 1. The number of carbonyl (C=O) groups is 1. The lowest BCUT2D eigenvalue weighted by atomic mass is 10.2. The van der Waals surface area contributed by atoms with Gasteiger partial charge < -0.3 is 15.5 Å². The molecule has 1 fully saturated rings. The van der Waals surface area contributed by atoms with Crippen LogP contribution in [0.5, 0.6) is 5.75 Å². The number of nitrogens with two attached hydrogens (primary N) is 1. The summed E-state index contributed by atoms with van der Waals surface area (Å²) in [6, 6.07) is 5.45. The van der Waals surface area contributed by atoms with Crippen molar-refractivity contribution in [3.8, 4) is 17.1 Å². The number of thioether (sulfide) groups is 1. The molecular weight excluding hydrogens is 440 g/mol. The number of hydrogen-bond donors (Lipinski definition) is 1. The largest absolute Gasteiger partial charge is 0.435 e. The van der Waals surface area contributed by atoms with E-state index in [4.69, 9.17) is 5.84 Å². The Hall–Kier alpha value is -2.41. The lowest BCUT2D eigenvalue weighted by molar-refractivity contribution is -0.129. The fraction of sp³-hybridized carbons (Fsp3) is 0.471. The van der Waals surface area contributed by atoms with E-state index in [1.165, 1.54) is 28.9 Å². The Labute approximate surface area is 176 Å². The zero-order valence-corrected chi connectivity index (χ0v) is 17.7. The van der Waals surface area contributed by atoms with Crippen LogP contribution < -0.4 is 10.6 Å². The molecule has 1 saturated heterocycles. The minimum atomic E-state index is -3.09. The van der Waals surface area contributed by atoms with Crippen LogP contribution in [-0.2, 0) is 14.6 Å². The summed E-state index contributed by atoms with van der Waals surface area (Å²) >= 11 is 1.08. The number of halogens is 2. The zero-order chi connectivity index (χ0) is 21.9. The molecule has 1 aromatic carbocycles. The number of aromatic nitrogens is 3. The molecule has 164 valence electrons. The molecule has 1 aliphatic heterocycles. The van der Waals surface area contributed by atoms with Crippen LogP contribution in [0.25, 0.3) is 11.4 Å². The second kappa shape index (κ2) is 9.16. The molecule has 0 spiro atoms. The number of benzene rings is 1. The molecule has 2 heterocycles. The molecule has 3 rings (SSSR count). The normalized spacial score (nSPS) is 17.9. The van der Waals surface area contributed by atoms with Gasteiger partial charge in [0, 0.05) is 18.2 Å². The molecule has 2 aromatic rings. The third-order valence-corrected chi connectivity index (χ3v) is 7.32. The van der Waals surface area contributed by atoms with Crippen LogP contribution in [0.4, 0.5) is 8.78 Å². The van der Waals surface area contributed by atoms with Gasteiger partial charge in [0.25, 0.3) is 0 Å². The van der Waals surface area contributed by atoms with Crippen molar-refractivity contribution < 1.29 is 26.7 Å². The molecule has 1 aliphatic rings. The smallest absolute Gasteiger partial charge is 0.387 e. The average molecular weight is 462 g/mol. The standard InChI is InChI=1S/C17H21F2N5O4S2/c1-2-23(12-7-8-30(26,27)10-12)14(25)9-29-17-22-21-15(24(17)20)11-3-5-13(6-4-11)28-16(18)19/h3-6,12,16H,2,7-10,20H2,1H3/t12-/m1/s1. The number of nitrogens with zero attached hydrogens (tertiary/aromatic N) is 4. The summed E-state index contributed by atoms with van der Waals surface area (Å²) < 4.78 is 53.4. The fourth-order valence-electron chi connectivity index (χ4n) is 3.23. The van der Waals surface area contributed by atoms with E-state index in [-0.39, 0.29) is 35.0 Å². The van der Waals surface area contributed by atoms with E-state index in [1.54, 1.807) is 11.8 Å². The summed E-state index contributed by atoms with van der Waals surface area (Å²) in [6.07, 6.45) is 0.440. The summed E-state index contributed by atoms with van der Waals surface area (Å²) in [6.45, 7) is -0.701. The predicted molar refractivity (Wildman–Crippen MR) is 107 cm³/mol. The van der Waals surface area contributed by atoms with Crippen molar-refractivity contribution in [3.63, 3.8) is 0 Å². The van der Waals surface area contributed by atoms with Gasteiger partial charge in [-0.25, -0.2) is 13.1 Å². The van der Waals surface area contributed by atoms with E-state index >= 15 is 0 Å². The number of hydrogen-bond acceptors (Lipinski definition) is 8. The van der Waals surface area contributed by atoms with Crippen LogP contribution in [0.1, 0.15) is 13.3 Å². The van der Waals surface area contributed by atoms with Crippen molar-refractivity contribution in [2.75, 3.05) is 29.6 Å². The van der Waals surface area contributed by atoms with Crippen molar-refractivity contribution >= 4 is 27.5 Å². The molecule has 2 N–H and O–H groups in total. The molecule has 1 aromatic heterocycles. The van der Waals surface area contributed by atoms with Gasteiger partial charge in [-0.3, -0.25) is 4.79 Å². The molecule has 0 unspecified atom stereocenters. The van der Waals surface area contributed by atoms with E-state index in [0.29, 0.717) is 29.5 Å². The Balaban J connectivity index is 1.64. The molecule has 30 heavy (non-hydrogen) atoms. The van der Waals surface area contributed by atoms with E-state index in [0.717, 1.165) is 11.8 Å². The van der Waals surface area contributed by atoms with Gasteiger partial charge in [0.05, 0.1) is 17.3 Å². The van der Waals surface area contributed by atoms with Gasteiger partial charge in [0.15, 0.2) is 15.7 Å². The maximum absolute atomic E-state index is 12.6. The zero-order valence-electron chi connectivity index (χ0n) is 16.1.